The van der Waals surface area contributed by atoms with Gasteiger partial charge in [0.2, 0.25) is 0 Å². The van der Waals surface area contributed by atoms with Crippen LogP contribution in [0.15, 0.2) is 21.3 Å². The lowest BCUT2D eigenvalue weighted by Gasteiger charge is -2.32. The minimum atomic E-state index is -0.226. The van der Waals surface area contributed by atoms with E-state index in [1.807, 2.05) is 13.8 Å². The summed E-state index contributed by atoms with van der Waals surface area (Å²) in [6.07, 6.45) is 3.30. The first-order valence-electron chi connectivity index (χ1n) is 8.20. The molecule has 22 heavy (non-hydrogen) atoms. The average Bonchev–Trinajstić information content (AvgIpc) is 2.75. The van der Waals surface area contributed by atoms with Crippen molar-refractivity contribution in [1.82, 2.24) is 0 Å². The summed E-state index contributed by atoms with van der Waals surface area (Å²) in [7, 11) is 0. The van der Waals surface area contributed by atoms with Crippen LogP contribution in [0.3, 0.4) is 0 Å². The van der Waals surface area contributed by atoms with Crippen molar-refractivity contribution >= 4 is 11.0 Å². The predicted molar refractivity (Wildman–Crippen MR) is 87.0 cm³/mol. The Morgan fingerprint density at radius 2 is 2.00 bits per heavy atom. The largest absolute Gasteiger partial charge is 0.489 e. The van der Waals surface area contributed by atoms with Crippen LogP contribution >= 0.6 is 0 Å². The lowest BCUT2D eigenvalue weighted by molar-refractivity contribution is 0.234. The van der Waals surface area contributed by atoms with Crippen LogP contribution in [-0.4, -0.2) is 6.10 Å². The van der Waals surface area contributed by atoms with Crippen LogP contribution in [0.25, 0.3) is 11.0 Å². The van der Waals surface area contributed by atoms with Crippen molar-refractivity contribution in [3.63, 3.8) is 0 Å². The number of hydrogen-bond acceptors (Lipinski definition) is 3. The van der Waals surface area contributed by atoms with E-state index in [0.29, 0.717) is 5.56 Å². The fourth-order valence-corrected chi connectivity index (χ4v) is 4.07. The van der Waals surface area contributed by atoms with Crippen molar-refractivity contribution in [3.8, 4) is 5.75 Å². The Morgan fingerprint density at radius 3 is 2.77 bits per heavy atom. The molecule has 4 rings (SSSR count). The second kappa shape index (κ2) is 4.37. The van der Waals surface area contributed by atoms with Gasteiger partial charge in [0.1, 0.15) is 17.4 Å². The van der Waals surface area contributed by atoms with E-state index in [1.165, 1.54) is 17.5 Å². The molecule has 2 atom stereocenters. The Hall–Kier alpha value is -1.77. The maximum Gasteiger partial charge on any atom is 0.343 e. The molecule has 2 unspecified atom stereocenters. The standard InChI is InChI=1S/C19H22O3/c1-10-11(2)21-17-13-7-8-14-12(6-5-9-19(14,3)4)16(13)22-18(20)15(10)17/h7-8,10-11H,5-6,9H2,1-4H3. The molecule has 0 N–H and O–H groups in total. The molecule has 0 bridgehead atoms. The summed E-state index contributed by atoms with van der Waals surface area (Å²) in [6.45, 7) is 8.57. The fraction of sp³-hybridized carbons (Fsp3) is 0.526. The zero-order valence-electron chi connectivity index (χ0n) is 13.7. The molecule has 1 aliphatic heterocycles. The highest BCUT2D eigenvalue weighted by atomic mass is 16.5. The van der Waals surface area contributed by atoms with Crippen LogP contribution in [0.4, 0.5) is 0 Å². The third-order valence-electron chi connectivity index (χ3n) is 5.59. The number of aryl methyl sites for hydroxylation is 1. The van der Waals surface area contributed by atoms with E-state index < -0.39 is 0 Å². The molecule has 2 aromatic rings. The van der Waals surface area contributed by atoms with Crippen LogP contribution in [-0.2, 0) is 11.8 Å². The van der Waals surface area contributed by atoms with E-state index in [1.54, 1.807) is 0 Å². The number of benzene rings is 1. The van der Waals surface area contributed by atoms with Gasteiger partial charge in [-0.05, 0) is 48.8 Å². The molecular formula is C19H22O3. The van der Waals surface area contributed by atoms with Crippen LogP contribution < -0.4 is 10.4 Å². The average molecular weight is 298 g/mol. The third-order valence-corrected chi connectivity index (χ3v) is 5.59. The SMILES string of the molecule is CC1Oc2c(c(=O)oc3c4c(ccc23)C(C)(C)CCC4)C1C. The molecule has 0 fully saturated rings. The highest BCUT2D eigenvalue weighted by Crippen LogP contribution is 2.45. The van der Waals surface area contributed by atoms with Crippen LogP contribution in [0.5, 0.6) is 5.75 Å². The molecule has 2 heterocycles. The van der Waals surface area contributed by atoms with E-state index >= 15 is 0 Å². The Morgan fingerprint density at radius 1 is 1.23 bits per heavy atom. The highest BCUT2D eigenvalue weighted by Gasteiger charge is 2.35. The number of rotatable bonds is 0. The van der Waals surface area contributed by atoms with Gasteiger partial charge in [0, 0.05) is 5.92 Å². The number of hydrogen-bond donors (Lipinski definition) is 0. The highest BCUT2D eigenvalue weighted by molar-refractivity contribution is 5.89. The van der Waals surface area contributed by atoms with Gasteiger partial charge in [-0.2, -0.15) is 0 Å². The smallest absolute Gasteiger partial charge is 0.343 e. The maximum atomic E-state index is 12.5. The molecule has 0 saturated carbocycles. The summed E-state index contributed by atoms with van der Waals surface area (Å²) in [5.41, 5.74) is 3.88. The zero-order valence-corrected chi connectivity index (χ0v) is 13.7. The summed E-state index contributed by atoms with van der Waals surface area (Å²) in [5, 5.41) is 0.960. The first kappa shape index (κ1) is 13.9. The van der Waals surface area contributed by atoms with Gasteiger partial charge in [-0.15, -0.1) is 0 Å². The van der Waals surface area contributed by atoms with Gasteiger partial charge in [-0.25, -0.2) is 4.79 Å². The third kappa shape index (κ3) is 1.71. The molecule has 0 saturated heterocycles. The van der Waals surface area contributed by atoms with Gasteiger partial charge in [-0.1, -0.05) is 26.8 Å². The quantitative estimate of drug-likeness (QED) is 0.681. The molecule has 1 aromatic heterocycles. The summed E-state index contributed by atoms with van der Waals surface area (Å²) >= 11 is 0. The molecule has 1 aliphatic carbocycles. The minimum Gasteiger partial charge on any atom is -0.489 e. The van der Waals surface area contributed by atoms with Crippen molar-refractivity contribution in [3.05, 3.63) is 39.2 Å². The van der Waals surface area contributed by atoms with Gasteiger partial charge in [0.15, 0.2) is 0 Å². The van der Waals surface area contributed by atoms with E-state index in [2.05, 4.69) is 26.0 Å². The molecule has 0 spiro atoms. The summed E-state index contributed by atoms with van der Waals surface area (Å²) in [4.78, 5) is 12.5. The van der Waals surface area contributed by atoms with E-state index in [9.17, 15) is 4.79 Å². The molecule has 0 amide bonds. The molecule has 2 aliphatic rings. The Bertz CT molecular complexity index is 829. The lowest BCUT2D eigenvalue weighted by Crippen LogP contribution is -2.24. The molecular weight excluding hydrogens is 276 g/mol. The van der Waals surface area contributed by atoms with Crippen LogP contribution in [0.2, 0.25) is 0 Å². The summed E-state index contributed by atoms with van der Waals surface area (Å²) in [6, 6.07) is 4.28. The zero-order chi connectivity index (χ0) is 15.6. The first-order valence-corrected chi connectivity index (χ1v) is 8.20. The summed E-state index contributed by atoms with van der Waals surface area (Å²) in [5.74, 6) is 0.834. The van der Waals surface area contributed by atoms with E-state index in [4.69, 9.17) is 9.15 Å². The lowest BCUT2D eigenvalue weighted by atomic mass is 9.72. The van der Waals surface area contributed by atoms with Crippen LogP contribution in [0.1, 0.15) is 63.1 Å². The minimum absolute atomic E-state index is 0.0240. The fourth-order valence-electron chi connectivity index (χ4n) is 4.07. The molecule has 3 heteroatoms. The van der Waals surface area contributed by atoms with Gasteiger partial charge in [0.05, 0.1) is 10.9 Å². The Labute approximate surface area is 130 Å². The van der Waals surface area contributed by atoms with Crippen molar-refractivity contribution in [2.24, 2.45) is 0 Å². The van der Waals surface area contributed by atoms with Gasteiger partial charge in [0.25, 0.3) is 0 Å². The molecule has 116 valence electrons. The van der Waals surface area contributed by atoms with E-state index in [0.717, 1.165) is 29.6 Å². The van der Waals surface area contributed by atoms with E-state index in [-0.39, 0.29) is 23.1 Å². The Kier molecular flexibility index (Phi) is 2.76. The van der Waals surface area contributed by atoms with Gasteiger partial charge >= 0.3 is 5.63 Å². The van der Waals surface area contributed by atoms with Gasteiger partial charge in [-0.3, -0.25) is 0 Å². The molecule has 1 aromatic carbocycles. The topological polar surface area (TPSA) is 39.4 Å². The number of fused-ring (bicyclic) bond motifs is 5. The first-order chi connectivity index (χ1) is 10.4. The second-order valence-corrected chi connectivity index (χ2v) is 7.45. The monoisotopic (exact) mass is 298 g/mol. The van der Waals surface area contributed by atoms with Gasteiger partial charge < -0.3 is 9.15 Å². The number of ether oxygens (including phenoxy) is 1. The van der Waals surface area contributed by atoms with Crippen molar-refractivity contribution in [2.45, 2.75) is 64.4 Å². The molecule has 0 radical (unpaired) electrons. The predicted octanol–water partition coefficient (Wildman–Crippen LogP) is 4.29. The summed E-state index contributed by atoms with van der Waals surface area (Å²) < 4.78 is 11.8. The second-order valence-electron chi connectivity index (χ2n) is 7.45. The van der Waals surface area contributed by atoms with Crippen molar-refractivity contribution in [2.75, 3.05) is 0 Å². The van der Waals surface area contributed by atoms with Crippen molar-refractivity contribution in [1.29, 1.82) is 0 Å². The van der Waals surface area contributed by atoms with Crippen LogP contribution in [0, 0.1) is 0 Å². The normalized spacial score (nSPS) is 25.6. The Balaban J connectivity index is 2.07. The van der Waals surface area contributed by atoms with Crippen molar-refractivity contribution < 1.29 is 9.15 Å². The molecule has 3 nitrogen and oxygen atoms in total. The maximum absolute atomic E-state index is 12.5.